The molecule has 3 heterocycles. The standard InChI is InChI=1S/C22H21F2N3O4S/c23-13-1-6-18(7-2-13)32(30,31)27-15-4-5-16(27)11-17(10-15)26-21-9-14(24)3-8-19(21)20(25-26)12-22(28)29/h1-3,6-9,15-17H,4-5,10-12H2,(H,28,29)/t15-,16+,17-. The zero-order valence-corrected chi connectivity index (χ0v) is 17.8. The predicted molar refractivity (Wildman–Crippen MR) is 112 cm³/mol. The Hall–Kier alpha value is -2.85. The average molecular weight is 461 g/mol. The first-order valence-corrected chi connectivity index (χ1v) is 11.9. The Morgan fingerprint density at radius 1 is 1.00 bits per heavy atom. The molecule has 0 saturated carbocycles. The quantitative estimate of drug-likeness (QED) is 0.628. The van der Waals surface area contributed by atoms with E-state index in [-0.39, 0.29) is 29.4 Å². The van der Waals surface area contributed by atoms with Crippen LogP contribution in [0.4, 0.5) is 8.78 Å². The minimum Gasteiger partial charge on any atom is -0.481 e. The molecule has 1 aromatic heterocycles. The molecule has 10 heteroatoms. The van der Waals surface area contributed by atoms with Crippen LogP contribution in [0.1, 0.15) is 37.4 Å². The summed E-state index contributed by atoms with van der Waals surface area (Å²) >= 11 is 0. The number of rotatable bonds is 5. The van der Waals surface area contributed by atoms with Crippen LogP contribution in [0.2, 0.25) is 0 Å². The van der Waals surface area contributed by atoms with Gasteiger partial charge in [0, 0.05) is 17.5 Å². The Kier molecular flexibility index (Phi) is 5.01. The fraction of sp³-hybridized carbons (Fsp3) is 0.364. The van der Waals surface area contributed by atoms with E-state index in [9.17, 15) is 27.1 Å². The highest BCUT2D eigenvalue weighted by Gasteiger charge is 2.48. The molecule has 2 saturated heterocycles. The van der Waals surface area contributed by atoms with Crippen molar-refractivity contribution in [3.63, 3.8) is 0 Å². The zero-order chi connectivity index (χ0) is 22.6. The molecule has 0 spiro atoms. The van der Waals surface area contributed by atoms with E-state index in [1.807, 2.05) is 0 Å². The summed E-state index contributed by atoms with van der Waals surface area (Å²) in [7, 11) is -3.78. The van der Waals surface area contributed by atoms with E-state index in [0.717, 1.165) is 12.1 Å². The number of aliphatic carboxylic acids is 1. The number of hydrogen-bond acceptors (Lipinski definition) is 4. The Morgan fingerprint density at radius 3 is 2.25 bits per heavy atom. The van der Waals surface area contributed by atoms with Crippen molar-refractivity contribution in [2.24, 2.45) is 0 Å². The minimum absolute atomic E-state index is 0.0598. The highest BCUT2D eigenvalue weighted by Crippen LogP contribution is 2.44. The summed E-state index contributed by atoms with van der Waals surface area (Å²) in [4.78, 5) is 11.3. The minimum atomic E-state index is -3.78. The number of carboxylic acid groups (broad SMARTS) is 1. The van der Waals surface area contributed by atoms with Gasteiger partial charge in [0.05, 0.1) is 28.6 Å². The molecule has 5 rings (SSSR count). The summed E-state index contributed by atoms with van der Waals surface area (Å²) in [5, 5.41) is 14.3. The number of carboxylic acids is 1. The monoisotopic (exact) mass is 461 g/mol. The highest BCUT2D eigenvalue weighted by atomic mass is 32.2. The Balaban J connectivity index is 1.48. The Bertz CT molecular complexity index is 1290. The van der Waals surface area contributed by atoms with Gasteiger partial charge in [0.2, 0.25) is 10.0 Å². The molecule has 0 radical (unpaired) electrons. The van der Waals surface area contributed by atoms with Crippen molar-refractivity contribution in [3.05, 3.63) is 59.8 Å². The predicted octanol–water partition coefficient (Wildman–Crippen LogP) is 3.50. The first-order chi connectivity index (χ1) is 15.2. The number of piperidine rings is 1. The molecule has 2 fully saturated rings. The molecule has 0 aliphatic carbocycles. The maximum absolute atomic E-state index is 14.0. The third-order valence-electron chi connectivity index (χ3n) is 6.44. The lowest BCUT2D eigenvalue weighted by Gasteiger charge is -2.38. The van der Waals surface area contributed by atoms with E-state index in [4.69, 9.17) is 0 Å². The molecule has 168 valence electrons. The van der Waals surface area contributed by atoms with Crippen LogP contribution in [0.3, 0.4) is 0 Å². The van der Waals surface area contributed by atoms with Gasteiger partial charge in [0.15, 0.2) is 0 Å². The lowest BCUT2D eigenvalue weighted by molar-refractivity contribution is -0.136. The third-order valence-corrected chi connectivity index (χ3v) is 8.46. The summed E-state index contributed by atoms with van der Waals surface area (Å²) in [5.41, 5.74) is 0.877. The van der Waals surface area contributed by atoms with Gasteiger partial charge in [0.1, 0.15) is 11.6 Å². The number of hydrogen-bond donors (Lipinski definition) is 1. The second kappa shape index (κ2) is 7.63. The van der Waals surface area contributed by atoms with Gasteiger partial charge < -0.3 is 5.11 Å². The molecule has 32 heavy (non-hydrogen) atoms. The zero-order valence-electron chi connectivity index (χ0n) is 17.0. The number of benzene rings is 2. The molecule has 3 atom stereocenters. The van der Waals surface area contributed by atoms with E-state index in [0.29, 0.717) is 42.3 Å². The molecule has 1 N–H and O–H groups in total. The lowest BCUT2D eigenvalue weighted by Crippen LogP contribution is -2.46. The molecule has 0 amide bonds. The number of nitrogens with zero attached hydrogens (tertiary/aromatic N) is 3. The van der Waals surface area contributed by atoms with Crippen LogP contribution >= 0.6 is 0 Å². The molecule has 7 nitrogen and oxygen atoms in total. The third kappa shape index (κ3) is 3.47. The Labute approximate surface area is 183 Å². The van der Waals surface area contributed by atoms with Crippen molar-refractivity contribution >= 4 is 26.9 Å². The summed E-state index contributed by atoms with van der Waals surface area (Å²) in [6, 6.07) is 8.28. The molecule has 0 unspecified atom stereocenters. The first-order valence-electron chi connectivity index (χ1n) is 10.4. The molecular formula is C22H21F2N3O4S. The smallest absolute Gasteiger partial charge is 0.309 e. The normalized spacial score (nSPS) is 23.6. The van der Waals surface area contributed by atoms with E-state index in [1.165, 1.54) is 34.6 Å². The summed E-state index contributed by atoms with van der Waals surface area (Å²) in [5.74, 6) is -1.97. The van der Waals surface area contributed by atoms with Gasteiger partial charge in [-0.25, -0.2) is 17.2 Å². The summed E-state index contributed by atoms with van der Waals surface area (Å²) in [6.45, 7) is 0. The second-order valence-corrected chi connectivity index (χ2v) is 10.3. The fourth-order valence-corrected chi connectivity index (χ4v) is 7.05. The van der Waals surface area contributed by atoms with Crippen molar-refractivity contribution in [2.45, 2.75) is 55.1 Å². The van der Waals surface area contributed by atoms with Crippen LogP contribution < -0.4 is 0 Å². The van der Waals surface area contributed by atoms with Crippen molar-refractivity contribution in [2.75, 3.05) is 0 Å². The van der Waals surface area contributed by atoms with E-state index >= 15 is 0 Å². The van der Waals surface area contributed by atoms with E-state index in [2.05, 4.69) is 5.10 Å². The van der Waals surface area contributed by atoms with Gasteiger partial charge in [-0.3, -0.25) is 9.48 Å². The molecule has 2 bridgehead atoms. The van der Waals surface area contributed by atoms with Gasteiger partial charge in [-0.05, 0) is 68.1 Å². The van der Waals surface area contributed by atoms with Gasteiger partial charge in [-0.2, -0.15) is 9.40 Å². The van der Waals surface area contributed by atoms with Gasteiger partial charge in [-0.15, -0.1) is 0 Å². The summed E-state index contributed by atoms with van der Waals surface area (Å²) in [6.07, 6.45) is 2.07. The van der Waals surface area contributed by atoms with E-state index in [1.54, 1.807) is 4.68 Å². The SMILES string of the molecule is O=C(O)Cc1nn([C@@H]2C[C@H]3CC[C@@H](C2)N3S(=O)(=O)c2ccc(F)cc2)c2cc(F)ccc12. The fourth-order valence-electron chi connectivity index (χ4n) is 5.15. The number of carbonyl (C=O) groups is 1. The number of sulfonamides is 1. The maximum atomic E-state index is 14.0. The molecule has 2 aromatic carbocycles. The number of aromatic nitrogens is 2. The topological polar surface area (TPSA) is 92.5 Å². The van der Waals surface area contributed by atoms with E-state index < -0.39 is 27.6 Å². The first kappa shape index (κ1) is 21.0. The molecular weight excluding hydrogens is 440 g/mol. The average Bonchev–Trinajstić information content (AvgIpc) is 3.22. The van der Waals surface area contributed by atoms with Crippen LogP contribution in [0.15, 0.2) is 47.4 Å². The largest absolute Gasteiger partial charge is 0.481 e. The molecule has 3 aromatic rings. The number of halogens is 2. The van der Waals surface area contributed by atoms with Gasteiger partial charge in [-0.1, -0.05) is 0 Å². The van der Waals surface area contributed by atoms with Gasteiger partial charge >= 0.3 is 5.97 Å². The Morgan fingerprint density at radius 2 is 1.62 bits per heavy atom. The van der Waals surface area contributed by atoms with Crippen molar-refractivity contribution < 1.29 is 27.1 Å². The molecule has 2 aliphatic heterocycles. The highest BCUT2D eigenvalue weighted by molar-refractivity contribution is 7.89. The van der Waals surface area contributed by atoms with Crippen molar-refractivity contribution in [1.29, 1.82) is 0 Å². The van der Waals surface area contributed by atoms with Crippen molar-refractivity contribution in [3.8, 4) is 0 Å². The van der Waals surface area contributed by atoms with Crippen molar-refractivity contribution in [1.82, 2.24) is 14.1 Å². The van der Waals surface area contributed by atoms with Gasteiger partial charge in [0.25, 0.3) is 0 Å². The van der Waals surface area contributed by atoms with Crippen LogP contribution in [0.5, 0.6) is 0 Å². The van der Waals surface area contributed by atoms with Crippen LogP contribution in [0.25, 0.3) is 10.9 Å². The second-order valence-electron chi connectivity index (χ2n) is 8.42. The van der Waals surface area contributed by atoms with Crippen LogP contribution in [0, 0.1) is 11.6 Å². The maximum Gasteiger partial charge on any atom is 0.309 e. The van der Waals surface area contributed by atoms with Crippen LogP contribution in [-0.2, 0) is 21.2 Å². The lowest BCUT2D eigenvalue weighted by atomic mass is 9.99. The van der Waals surface area contributed by atoms with Crippen LogP contribution in [-0.4, -0.2) is 45.7 Å². The summed E-state index contributed by atoms with van der Waals surface area (Å²) < 4.78 is 57.0. The number of fused-ring (bicyclic) bond motifs is 3. The molecule has 2 aliphatic rings.